The van der Waals surface area contributed by atoms with Crippen LogP contribution in [0.5, 0.6) is 11.5 Å². The van der Waals surface area contributed by atoms with Gasteiger partial charge in [0.15, 0.2) is 21.7 Å². The van der Waals surface area contributed by atoms with Gasteiger partial charge in [-0.1, -0.05) is 42.5 Å². The molecule has 3 aromatic carbocycles. The molecular weight excluding hydrogens is 430 g/mol. The van der Waals surface area contributed by atoms with Crippen molar-refractivity contribution in [2.75, 3.05) is 18.5 Å². The summed E-state index contributed by atoms with van der Waals surface area (Å²) in [5.74, 6) is 0.852. The zero-order chi connectivity index (χ0) is 21.2. The molecule has 0 fully saturated rings. The van der Waals surface area contributed by atoms with E-state index in [9.17, 15) is 4.79 Å². The Morgan fingerprint density at radius 2 is 1.81 bits per heavy atom. The number of amides is 1. The highest BCUT2D eigenvalue weighted by Crippen LogP contribution is 2.32. The highest BCUT2D eigenvalue weighted by atomic mass is 32.1. The molecule has 8 heteroatoms. The average Bonchev–Trinajstić information content (AvgIpc) is 3.26. The van der Waals surface area contributed by atoms with Gasteiger partial charge in [-0.2, -0.15) is 0 Å². The van der Waals surface area contributed by atoms with Crippen LogP contribution in [-0.2, 0) is 0 Å². The van der Waals surface area contributed by atoms with E-state index < -0.39 is 0 Å². The number of ether oxygens (including phenoxy) is 2. The smallest absolute Gasteiger partial charge is 0.257 e. The summed E-state index contributed by atoms with van der Waals surface area (Å²) >= 11 is 6.73. The number of benzene rings is 3. The summed E-state index contributed by atoms with van der Waals surface area (Å²) in [7, 11) is 0. The zero-order valence-electron chi connectivity index (χ0n) is 16.3. The van der Waals surface area contributed by atoms with E-state index in [0.717, 1.165) is 22.0 Å². The molecule has 2 heterocycles. The highest BCUT2D eigenvalue weighted by molar-refractivity contribution is 7.80. The monoisotopic (exact) mass is 447 g/mol. The molecule has 1 aliphatic heterocycles. The third-order valence-electron chi connectivity index (χ3n) is 4.82. The van der Waals surface area contributed by atoms with Crippen molar-refractivity contribution in [1.82, 2.24) is 10.3 Å². The SMILES string of the molecule is O=C(NC(=S)Nc1nc(-c2cccc3ccccc23)cs1)c1ccc2c(c1)OCCO2. The Morgan fingerprint density at radius 1 is 1.00 bits per heavy atom. The molecule has 0 atom stereocenters. The number of aromatic nitrogens is 1. The molecule has 154 valence electrons. The average molecular weight is 448 g/mol. The number of thiocarbonyl (C=S) groups is 1. The van der Waals surface area contributed by atoms with E-state index >= 15 is 0 Å². The third kappa shape index (κ3) is 4.08. The van der Waals surface area contributed by atoms with Gasteiger partial charge in [0.1, 0.15) is 13.2 Å². The summed E-state index contributed by atoms with van der Waals surface area (Å²) in [6.07, 6.45) is 0. The van der Waals surface area contributed by atoms with Crippen LogP contribution in [0, 0.1) is 0 Å². The van der Waals surface area contributed by atoms with Gasteiger partial charge in [-0.05, 0) is 41.2 Å². The van der Waals surface area contributed by atoms with E-state index in [0.29, 0.717) is 35.4 Å². The van der Waals surface area contributed by atoms with Crippen LogP contribution < -0.4 is 20.1 Å². The fourth-order valence-electron chi connectivity index (χ4n) is 3.39. The van der Waals surface area contributed by atoms with Crippen molar-refractivity contribution in [1.29, 1.82) is 0 Å². The van der Waals surface area contributed by atoms with Crippen LogP contribution in [0.2, 0.25) is 0 Å². The topological polar surface area (TPSA) is 72.5 Å². The number of thiazole rings is 1. The summed E-state index contributed by atoms with van der Waals surface area (Å²) in [6.45, 7) is 0.961. The van der Waals surface area contributed by atoms with Crippen molar-refractivity contribution in [3.05, 3.63) is 71.6 Å². The van der Waals surface area contributed by atoms with Crippen LogP contribution in [0.15, 0.2) is 66.0 Å². The molecule has 0 radical (unpaired) electrons. The minimum atomic E-state index is -0.333. The van der Waals surface area contributed by atoms with Crippen molar-refractivity contribution in [3.8, 4) is 22.8 Å². The van der Waals surface area contributed by atoms with Crippen molar-refractivity contribution in [3.63, 3.8) is 0 Å². The van der Waals surface area contributed by atoms with E-state index in [-0.39, 0.29) is 11.0 Å². The molecule has 0 unspecified atom stereocenters. The molecule has 31 heavy (non-hydrogen) atoms. The van der Waals surface area contributed by atoms with Gasteiger partial charge in [-0.15, -0.1) is 11.3 Å². The number of fused-ring (bicyclic) bond motifs is 2. The maximum Gasteiger partial charge on any atom is 0.257 e. The summed E-state index contributed by atoms with van der Waals surface area (Å²) in [4.78, 5) is 17.2. The maximum absolute atomic E-state index is 12.6. The molecule has 6 nitrogen and oxygen atoms in total. The molecule has 1 aliphatic rings. The number of rotatable bonds is 3. The standard InChI is InChI=1S/C23H17N3O3S2/c27-21(15-8-9-19-20(12-15)29-11-10-28-19)25-22(30)26-23-24-18(13-31-23)17-7-3-5-14-4-1-2-6-16(14)17/h1-9,12-13H,10-11H2,(H2,24,25,26,27,30). The van der Waals surface area contributed by atoms with Crippen molar-refractivity contribution in [2.45, 2.75) is 0 Å². The van der Waals surface area contributed by atoms with Gasteiger partial charge in [0.05, 0.1) is 5.69 Å². The van der Waals surface area contributed by atoms with Gasteiger partial charge >= 0.3 is 0 Å². The molecule has 1 aromatic heterocycles. The second-order valence-electron chi connectivity index (χ2n) is 6.83. The Morgan fingerprint density at radius 3 is 2.71 bits per heavy atom. The lowest BCUT2D eigenvalue weighted by Gasteiger charge is -2.18. The number of carbonyl (C=O) groups excluding carboxylic acids is 1. The zero-order valence-corrected chi connectivity index (χ0v) is 17.9. The predicted molar refractivity (Wildman–Crippen MR) is 126 cm³/mol. The van der Waals surface area contributed by atoms with Crippen molar-refractivity contribution < 1.29 is 14.3 Å². The first-order valence-corrected chi connectivity index (χ1v) is 10.9. The van der Waals surface area contributed by atoms with Gasteiger partial charge in [-0.25, -0.2) is 4.98 Å². The molecule has 0 saturated heterocycles. The van der Waals surface area contributed by atoms with Crippen LogP contribution in [0.3, 0.4) is 0 Å². The molecular formula is C23H17N3O3S2. The lowest BCUT2D eigenvalue weighted by Crippen LogP contribution is -2.34. The van der Waals surface area contributed by atoms with Crippen LogP contribution in [0.1, 0.15) is 10.4 Å². The molecule has 0 bridgehead atoms. The lowest BCUT2D eigenvalue weighted by molar-refractivity contribution is 0.0976. The fraction of sp³-hybridized carbons (Fsp3) is 0.0870. The predicted octanol–water partition coefficient (Wildman–Crippen LogP) is 4.86. The first kappa shape index (κ1) is 19.5. The number of anilines is 1. The Hall–Kier alpha value is -3.49. The highest BCUT2D eigenvalue weighted by Gasteiger charge is 2.16. The van der Waals surface area contributed by atoms with E-state index in [1.165, 1.54) is 11.3 Å². The Balaban J connectivity index is 1.28. The van der Waals surface area contributed by atoms with Gasteiger partial charge in [0.25, 0.3) is 5.91 Å². The first-order valence-electron chi connectivity index (χ1n) is 9.63. The normalized spacial score (nSPS) is 12.4. The van der Waals surface area contributed by atoms with E-state index in [1.807, 2.05) is 29.6 Å². The molecule has 0 aliphatic carbocycles. The Kier molecular flexibility index (Phi) is 5.23. The molecule has 5 rings (SSSR count). The minimum Gasteiger partial charge on any atom is -0.486 e. The van der Waals surface area contributed by atoms with Gasteiger partial charge < -0.3 is 14.8 Å². The van der Waals surface area contributed by atoms with Crippen LogP contribution in [-0.4, -0.2) is 29.2 Å². The largest absolute Gasteiger partial charge is 0.486 e. The number of hydrogen-bond acceptors (Lipinski definition) is 6. The summed E-state index contributed by atoms with van der Waals surface area (Å²) in [6, 6.07) is 19.4. The fourth-order valence-corrected chi connectivity index (χ4v) is 4.36. The summed E-state index contributed by atoms with van der Waals surface area (Å²) in [5.41, 5.74) is 2.34. The molecule has 2 N–H and O–H groups in total. The summed E-state index contributed by atoms with van der Waals surface area (Å²) in [5, 5.41) is 10.7. The number of nitrogens with one attached hydrogen (secondary N) is 2. The van der Waals surface area contributed by atoms with Crippen LogP contribution in [0.25, 0.3) is 22.0 Å². The third-order valence-corrected chi connectivity index (χ3v) is 5.78. The summed E-state index contributed by atoms with van der Waals surface area (Å²) < 4.78 is 11.0. The van der Waals surface area contributed by atoms with E-state index in [2.05, 4.69) is 33.8 Å². The number of nitrogens with zero attached hydrogens (tertiary/aromatic N) is 1. The lowest BCUT2D eigenvalue weighted by atomic mass is 10.0. The van der Waals surface area contributed by atoms with E-state index in [4.69, 9.17) is 21.7 Å². The van der Waals surface area contributed by atoms with Crippen molar-refractivity contribution in [2.24, 2.45) is 0 Å². The molecule has 4 aromatic rings. The molecule has 1 amide bonds. The Labute approximate surface area is 187 Å². The molecule has 0 spiro atoms. The Bertz CT molecular complexity index is 1300. The van der Waals surface area contributed by atoms with Gasteiger partial charge in [0, 0.05) is 16.5 Å². The quantitative estimate of drug-likeness (QED) is 0.437. The number of carbonyl (C=O) groups is 1. The second kappa shape index (κ2) is 8.33. The maximum atomic E-state index is 12.6. The van der Waals surface area contributed by atoms with E-state index in [1.54, 1.807) is 18.2 Å². The minimum absolute atomic E-state index is 0.179. The van der Waals surface area contributed by atoms with Gasteiger partial charge in [-0.3, -0.25) is 10.1 Å². The van der Waals surface area contributed by atoms with Gasteiger partial charge in [0.2, 0.25) is 0 Å². The van der Waals surface area contributed by atoms with Crippen LogP contribution >= 0.6 is 23.6 Å². The van der Waals surface area contributed by atoms with Crippen LogP contribution in [0.4, 0.5) is 5.13 Å². The first-order chi connectivity index (χ1) is 15.2. The number of hydrogen-bond donors (Lipinski definition) is 2. The second-order valence-corrected chi connectivity index (χ2v) is 8.10. The van der Waals surface area contributed by atoms with Crippen molar-refractivity contribution >= 4 is 50.5 Å². The molecule has 0 saturated carbocycles.